The van der Waals surface area contributed by atoms with Crippen molar-refractivity contribution in [2.75, 3.05) is 13.2 Å². The lowest BCUT2D eigenvalue weighted by atomic mass is 10.1. The quantitative estimate of drug-likeness (QED) is 0.279. The molecule has 156 valence electrons. The van der Waals surface area contributed by atoms with E-state index in [2.05, 4.69) is 13.2 Å². The predicted molar refractivity (Wildman–Crippen MR) is 114 cm³/mol. The molecule has 2 atom stereocenters. The Balaban J connectivity index is 1.83. The van der Waals surface area contributed by atoms with Gasteiger partial charge in [0.15, 0.2) is 0 Å². The van der Waals surface area contributed by atoms with Gasteiger partial charge in [-0.15, -0.1) is 13.2 Å². The van der Waals surface area contributed by atoms with Gasteiger partial charge < -0.3 is 24.4 Å². The number of benzene rings is 2. The minimum absolute atomic E-state index is 0.257. The molecular weight excluding hydrogens is 368 g/mol. The zero-order valence-electron chi connectivity index (χ0n) is 16.7. The van der Waals surface area contributed by atoms with Gasteiger partial charge in [0.1, 0.15) is 11.5 Å². The molecule has 2 unspecified atom stereocenters. The van der Waals surface area contributed by atoms with E-state index in [9.17, 15) is 10.2 Å². The van der Waals surface area contributed by atoms with Crippen LogP contribution in [-0.4, -0.2) is 35.0 Å². The molecule has 0 bridgehead atoms. The van der Waals surface area contributed by atoms with Crippen molar-refractivity contribution in [1.29, 1.82) is 0 Å². The zero-order chi connectivity index (χ0) is 21.0. The lowest BCUT2D eigenvalue weighted by Gasteiger charge is -2.29. The molecule has 2 N–H and O–H groups in total. The Labute approximate surface area is 172 Å². The Morgan fingerprint density at radius 3 is 1.41 bits per heavy atom. The number of ether oxygens (including phenoxy) is 3. The van der Waals surface area contributed by atoms with Crippen LogP contribution in [-0.2, 0) is 4.74 Å². The highest BCUT2D eigenvalue weighted by atomic mass is 16.6. The summed E-state index contributed by atoms with van der Waals surface area (Å²) in [5.41, 5.74) is 0. The van der Waals surface area contributed by atoms with Crippen molar-refractivity contribution in [3.63, 3.8) is 0 Å². The van der Waals surface area contributed by atoms with Crippen LogP contribution in [0.4, 0.5) is 0 Å². The standard InChI is InChI=1S/C24H30O5/c1-3-15-23(25,28-21-11-7-5-8-12-21)17-19-27-20-18-24(26,16-4-2)29-22-13-9-6-10-14-22/h3-14,25-26H,1-2,15-20H2. The molecular formula is C24H30O5. The molecule has 2 aromatic carbocycles. The third kappa shape index (κ3) is 8.11. The third-order valence-electron chi connectivity index (χ3n) is 4.30. The highest BCUT2D eigenvalue weighted by Gasteiger charge is 2.29. The molecule has 2 rings (SSSR count). The summed E-state index contributed by atoms with van der Waals surface area (Å²) < 4.78 is 17.1. The molecule has 5 heteroatoms. The van der Waals surface area contributed by atoms with Gasteiger partial charge in [-0.2, -0.15) is 0 Å². The van der Waals surface area contributed by atoms with Gasteiger partial charge in [0.25, 0.3) is 0 Å². The molecule has 0 aliphatic rings. The van der Waals surface area contributed by atoms with Crippen molar-refractivity contribution in [2.45, 2.75) is 37.3 Å². The molecule has 0 saturated heterocycles. The molecule has 5 nitrogen and oxygen atoms in total. The average molecular weight is 398 g/mol. The normalized spacial score (nSPS) is 15.0. The van der Waals surface area contributed by atoms with Crippen molar-refractivity contribution < 1.29 is 24.4 Å². The second kappa shape index (κ2) is 11.4. The molecule has 0 aliphatic heterocycles. The summed E-state index contributed by atoms with van der Waals surface area (Å²) in [6.07, 6.45) is 4.27. The summed E-state index contributed by atoms with van der Waals surface area (Å²) in [5, 5.41) is 21.5. The summed E-state index contributed by atoms with van der Waals surface area (Å²) in [5.74, 6) is -1.65. The Morgan fingerprint density at radius 1 is 0.690 bits per heavy atom. The van der Waals surface area contributed by atoms with Crippen molar-refractivity contribution in [3.05, 3.63) is 86.0 Å². The fraction of sp³-hybridized carbons (Fsp3) is 0.333. The molecule has 2 aromatic rings. The minimum Gasteiger partial charge on any atom is -0.462 e. The highest BCUT2D eigenvalue weighted by Crippen LogP contribution is 2.24. The molecule has 29 heavy (non-hydrogen) atoms. The lowest BCUT2D eigenvalue weighted by Crippen LogP contribution is -2.38. The van der Waals surface area contributed by atoms with Crippen LogP contribution < -0.4 is 9.47 Å². The van der Waals surface area contributed by atoms with Crippen LogP contribution in [0.2, 0.25) is 0 Å². The monoisotopic (exact) mass is 398 g/mol. The van der Waals surface area contributed by atoms with Gasteiger partial charge >= 0.3 is 0 Å². The van der Waals surface area contributed by atoms with Gasteiger partial charge in [0, 0.05) is 25.7 Å². The Hall–Kier alpha value is -2.60. The molecule has 0 spiro atoms. The molecule has 0 amide bonds. The Kier molecular flexibility index (Phi) is 8.93. The van der Waals surface area contributed by atoms with Crippen LogP contribution in [0.3, 0.4) is 0 Å². The van der Waals surface area contributed by atoms with Crippen LogP contribution in [0.25, 0.3) is 0 Å². The van der Waals surface area contributed by atoms with Gasteiger partial charge in [-0.05, 0) is 24.3 Å². The average Bonchev–Trinajstić information content (AvgIpc) is 2.69. The Morgan fingerprint density at radius 2 is 1.07 bits per heavy atom. The van der Waals surface area contributed by atoms with E-state index in [1.165, 1.54) is 0 Å². The number of hydrogen-bond acceptors (Lipinski definition) is 5. The summed E-state index contributed by atoms with van der Waals surface area (Å²) in [6.45, 7) is 7.88. The van der Waals surface area contributed by atoms with Crippen molar-refractivity contribution in [3.8, 4) is 11.5 Å². The summed E-state index contributed by atoms with van der Waals surface area (Å²) in [7, 11) is 0. The maximum Gasteiger partial charge on any atom is 0.213 e. The van der Waals surface area contributed by atoms with Crippen LogP contribution in [0.15, 0.2) is 86.0 Å². The van der Waals surface area contributed by atoms with Gasteiger partial charge in [-0.25, -0.2) is 0 Å². The van der Waals surface area contributed by atoms with E-state index < -0.39 is 11.6 Å². The Bertz CT molecular complexity index is 670. The van der Waals surface area contributed by atoms with Crippen LogP contribution in [0, 0.1) is 0 Å². The first-order valence-electron chi connectivity index (χ1n) is 9.71. The maximum absolute atomic E-state index is 10.7. The topological polar surface area (TPSA) is 68.2 Å². The van der Waals surface area contributed by atoms with Crippen LogP contribution in [0.5, 0.6) is 11.5 Å². The van der Waals surface area contributed by atoms with E-state index in [0.29, 0.717) is 11.5 Å². The third-order valence-corrected chi connectivity index (χ3v) is 4.30. The van der Waals surface area contributed by atoms with Crippen molar-refractivity contribution in [2.24, 2.45) is 0 Å². The first-order valence-corrected chi connectivity index (χ1v) is 9.71. The van der Waals surface area contributed by atoms with E-state index >= 15 is 0 Å². The minimum atomic E-state index is -1.40. The van der Waals surface area contributed by atoms with Crippen LogP contribution >= 0.6 is 0 Å². The maximum atomic E-state index is 10.7. The smallest absolute Gasteiger partial charge is 0.213 e. The van der Waals surface area contributed by atoms with E-state index in [-0.39, 0.29) is 38.9 Å². The highest BCUT2D eigenvalue weighted by molar-refractivity contribution is 5.22. The first kappa shape index (κ1) is 22.7. The van der Waals surface area contributed by atoms with Gasteiger partial charge in [-0.3, -0.25) is 0 Å². The fourth-order valence-corrected chi connectivity index (χ4v) is 2.82. The van der Waals surface area contributed by atoms with Gasteiger partial charge in [-0.1, -0.05) is 48.6 Å². The van der Waals surface area contributed by atoms with Crippen molar-refractivity contribution in [1.82, 2.24) is 0 Å². The zero-order valence-corrected chi connectivity index (χ0v) is 16.7. The molecule has 0 aliphatic carbocycles. The SMILES string of the molecule is C=CCC(O)(CCOCCC(O)(CC=C)Oc1ccccc1)Oc1ccccc1. The van der Waals surface area contributed by atoms with E-state index in [0.717, 1.165) is 0 Å². The number of para-hydroxylation sites is 2. The van der Waals surface area contributed by atoms with Crippen LogP contribution in [0.1, 0.15) is 25.7 Å². The van der Waals surface area contributed by atoms with E-state index in [1.54, 1.807) is 36.4 Å². The van der Waals surface area contributed by atoms with E-state index in [4.69, 9.17) is 14.2 Å². The predicted octanol–water partition coefficient (Wildman–Crippen LogP) is 4.47. The summed E-state index contributed by atoms with van der Waals surface area (Å²) >= 11 is 0. The fourth-order valence-electron chi connectivity index (χ4n) is 2.82. The molecule has 0 saturated carbocycles. The lowest BCUT2D eigenvalue weighted by molar-refractivity contribution is -0.161. The molecule has 0 fully saturated rings. The summed E-state index contributed by atoms with van der Waals surface area (Å²) in [4.78, 5) is 0. The van der Waals surface area contributed by atoms with Gasteiger partial charge in [0.2, 0.25) is 11.6 Å². The molecule has 0 heterocycles. The molecule has 0 aromatic heterocycles. The summed E-state index contributed by atoms with van der Waals surface area (Å²) in [6, 6.07) is 18.3. The van der Waals surface area contributed by atoms with Crippen molar-refractivity contribution >= 4 is 0 Å². The number of hydrogen-bond donors (Lipinski definition) is 2. The first-order chi connectivity index (χ1) is 14.0. The number of rotatable bonds is 14. The largest absolute Gasteiger partial charge is 0.462 e. The van der Waals surface area contributed by atoms with Gasteiger partial charge in [0.05, 0.1) is 13.2 Å². The number of aliphatic hydroxyl groups is 2. The molecule has 0 radical (unpaired) electrons. The second-order valence-corrected chi connectivity index (χ2v) is 6.82. The van der Waals surface area contributed by atoms with E-state index in [1.807, 2.05) is 36.4 Å². The second-order valence-electron chi connectivity index (χ2n) is 6.82.